The Morgan fingerprint density at radius 2 is 1.84 bits per heavy atom. The highest BCUT2D eigenvalue weighted by molar-refractivity contribution is 6.55. The third kappa shape index (κ3) is 3.99. The molecular weight excluding hydrogens is 336 g/mol. The zero-order chi connectivity index (χ0) is 19.0. The van der Waals surface area contributed by atoms with Crippen molar-refractivity contribution < 1.29 is 27.2 Å². The Bertz CT molecular complexity index is 659. The molecule has 1 saturated heterocycles. The van der Waals surface area contributed by atoms with Gasteiger partial charge in [0.1, 0.15) is 5.56 Å². The zero-order valence-corrected chi connectivity index (χ0v) is 14.9. The molecule has 1 aromatic heterocycles. The van der Waals surface area contributed by atoms with Gasteiger partial charge >= 0.3 is 13.3 Å². The van der Waals surface area contributed by atoms with E-state index in [4.69, 9.17) is 15.0 Å². The third-order valence-electron chi connectivity index (χ3n) is 4.51. The summed E-state index contributed by atoms with van der Waals surface area (Å²) in [5, 5.41) is 0. The summed E-state index contributed by atoms with van der Waals surface area (Å²) in [7, 11) is 0.411. The maximum absolute atomic E-state index is 13.1. The fourth-order valence-electron chi connectivity index (χ4n) is 2.34. The number of nitrogens with two attached hydrogens (primary N) is 1. The maximum Gasteiger partial charge on any atom is 0.491 e. The van der Waals surface area contributed by atoms with Crippen molar-refractivity contribution in [2.45, 2.75) is 45.1 Å². The quantitative estimate of drug-likeness (QED) is 0.838. The first-order valence-corrected chi connectivity index (χ1v) is 7.78. The second kappa shape index (κ2) is 6.62. The summed E-state index contributed by atoms with van der Waals surface area (Å²) in [6.45, 7) is 7.62. The largest absolute Gasteiger partial charge is 0.491 e. The van der Waals surface area contributed by atoms with Crippen molar-refractivity contribution in [2.24, 2.45) is 5.73 Å². The van der Waals surface area contributed by atoms with Gasteiger partial charge < -0.3 is 19.8 Å². The van der Waals surface area contributed by atoms with Gasteiger partial charge in [0, 0.05) is 12.7 Å². The van der Waals surface area contributed by atoms with E-state index in [1.165, 1.54) is 12.3 Å². The van der Waals surface area contributed by atoms with Crippen molar-refractivity contribution in [3.8, 4) is 5.88 Å². The second-order valence-electron chi connectivity index (χ2n) is 6.83. The summed E-state index contributed by atoms with van der Waals surface area (Å²) >= 11 is 0. The second-order valence-corrected chi connectivity index (χ2v) is 6.83. The van der Waals surface area contributed by atoms with E-state index in [-0.39, 0.29) is 12.1 Å². The van der Waals surface area contributed by atoms with Crippen LogP contribution in [0.4, 0.5) is 13.2 Å². The predicted molar refractivity (Wildman–Crippen MR) is 88.9 cm³/mol. The molecule has 2 rings (SSSR count). The molecule has 1 fully saturated rings. The van der Waals surface area contributed by atoms with Gasteiger partial charge in [0.15, 0.2) is 0 Å². The van der Waals surface area contributed by atoms with Crippen LogP contribution in [0.25, 0.3) is 6.08 Å². The van der Waals surface area contributed by atoms with E-state index in [2.05, 4.69) is 9.72 Å². The van der Waals surface area contributed by atoms with E-state index in [9.17, 15) is 13.2 Å². The van der Waals surface area contributed by atoms with Gasteiger partial charge in [-0.2, -0.15) is 13.2 Å². The van der Waals surface area contributed by atoms with Gasteiger partial charge in [-0.25, -0.2) is 4.98 Å². The van der Waals surface area contributed by atoms with Crippen LogP contribution in [0.15, 0.2) is 17.7 Å². The van der Waals surface area contributed by atoms with E-state index in [1.54, 1.807) is 0 Å². The molecule has 1 aromatic rings. The number of rotatable bonds is 4. The molecule has 0 atom stereocenters. The van der Waals surface area contributed by atoms with Crippen LogP contribution in [0.3, 0.4) is 0 Å². The molecule has 138 valence electrons. The summed E-state index contributed by atoms with van der Waals surface area (Å²) in [5.74, 6) is -0.477. The lowest BCUT2D eigenvalue weighted by atomic mass is 9.77. The van der Waals surface area contributed by atoms with E-state index >= 15 is 0 Å². The Kier molecular flexibility index (Phi) is 5.23. The molecule has 5 nitrogen and oxygen atoms in total. The first-order valence-electron chi connectivity index (χ1n) is 7.78. The Morgan fingerprint density at radius 1 is 1.28 bits per heavy atom. The first-order chi connectivity index (χ1) is 11.4. The molecule has 0 unspecified atom stereocenters. The highest BCUT2D eigenvalue weighted by atomic mass is 19.4. The van der Waals surface area contributed by atoms with Crippen molar-refractivity contribution in [3.63, 3.8) is 0 Å². The smallest absolute Gasteiger partial charge is 0.481 e. The number of halogens is 3. The lowest BCUT2D eigenvalue weighted by Gasteiger charge is -2.32. The van der Waals surface area contributed by atoms with Crippen molar-refractivity contribution in [2.75, 3.05) is 13.7 Å². The number of hydrogen-bond donors (Lipinski definition) is 1. The van der Waals surface area contributed by atoms with Crippen LogP contribution < -0.4 is 10.5 Å². The number of hydrogen-bond acceptors (Lipinski definition) is 5. The molecule has 0 aromatic carbocycles. The number of alkyl halides is 3. The lowest BCUT2D eigenvalue weighted by molar-refractivity contribution is -0.139. The van der Waals surface area contributed by atoms with E-state index < -0.39 is 35.9 Å². The summed E-state index contributed by atoms with van der Waals surface area (Å²) in [4.78, 5) is 3.73. The van der Waals surface area contributed by atoms with Gasteiger partial charge in [-0.05, 0) is 44.8 Å². The van der Waals surface area contributed by atoms with Gasteiger partial charge in [-0.3, -0.25) is 0 Å². The topological polar surface area (TPSA) is 66.6 Å². The summed E-state index contributed by atoms with van der Waals surface area (Å²) in [5.41, 5.74) is 4.44. The molecule has 0 amide bonds. The van der Waals surface area contributed by atoms with Crippen LogP contribution in [0.1, 0.15) is 38.8 Å². The predicted octanol–water partition coefficient (Wildman–Crippen LogP) is 3.08. The van der Waals surface area contributed by atoms with Crippen LogP contribution >= 0.6 is 0 Å². The first kappa shape index (κ1) is 19.7. The highest BCUT2D eigenvalue weighted by Gasteiger charge is 2.52. The van der Waals surface area contributed by atoms with E-state index in [0.29, 0.717) is 5.47 Å². The van der Waals surface area contributed by atoms with Crippen LogP contribution in [0.2, 0.25) is 0 Å². The molecule has 0 saturated carbocycles. The van der Waals surface area contributed by atoms with Gasteiger partial charge in [-0.1, -0.05) is 6.08 Å². The average molecular weight is 358 g/mol. The SMILES string of the molecule is COc1ncc(C=C(CN)B2OC(C)(C)C(C)(C)O2)cc1C(F)(F)F. The van der Waals surface area contributed by atoms with Crippen LogP contribution in [-0.2, 0) is 15.5 Å². The molecule has 0 aliphatic carbocycles. The van der Waals surface area contributed by atoms with Crippen LogP contribution in [-0.4, -0.2) is 37.0 Å². The molecule has 9 heteroatoms. The molecule has 2 N–H and O–H groups in total. The molecule has 1 aliphatic rings. The standard InChI is InChI=1S/C16H22BF3N2O3/c1-14(2)15(3,4)25-17(24-14)11(8-21)6-10-7-12(16(18,19)20)13(23-5)22-9-10/h6-7,9H,8,21H2,1-5H3. The van der Waals surface area contributed by atoms with Crippen LogP contribution in [0.5, 0.6) is 5.88 Å². The summed E-state index contributed by atoms with van der Waals surface area (Å²) in [6.07, 6.45) is -1.78. The van der Waals surface area contributed by atoms with Crippen molar-refractivity contribution in [3.05, 3.63) is 28.9 Å². The monoisotopic (exact) mass is 358 g/mol. The molecule has 1 aliphatic heterocycles. The number of pyridine rings is 1. The number of methoxy groups -OCH3 is 1. The van der Waals surface area contributed by atoms with E-state index in [0.717, 1.165) is 13.2 Å². The fourth-order valence-corrected chi connectivity index (χ4v) is 2.34. The van der Waals surface area contributed by atoms with Crippen molar-refractivity contribution in [1.29, 1.82) is 0 Å². The van der Waals surface area contributed by atoms with Crippen molar-refractivity contribution >= 4 is 13.2 Å². The summed E-state index contributed by atoms with van der Waals surface area (Å²) in [6, 6.07) is 0.965. The minimum Gasteiger partial charge on any atom is -0.481 e. The fraction of sp³-hybridized carbons (Fsp3) is 0.562. The minimum atomic E-state index is -4.57. The number of nitrogens with zero attached hydrogens (tertiary/aromatic N) is 1. The normalized spacial score (nSPS) is 20.0. The Morgan fingerprint density at radius 3 is 2.28 bits per heavy atom. The molecule has 2 heterocycles. The molecule has 0 spiro atoms. The van der Waals surface area contributed by atoms with Crippen LogP contribution in [0, 0.1) is 0 Å². The molecule has 0 radical (unpaired) electrons. The Labute approximate surface area is 145 Å². The average Bonchev–Trinajstić information content (AvgIpc) is 2.71. The molecule has 25 heavy (non-hydrogen) atoms. The number of ether oxygens (including phenoxy) is 1. The summed E-state index contributed by atoms with van der Waals surface area (Å²) < 4.78 is 55.8. The lowest BCUT2D eigenvalue weighted by Crippen LogP contribution is -2.41. The van der Waals surface area contributed by atoms with Gasteiger partial charge in [0.2, 0.25) is 5.88 Å². The maximum atomic E-state index is 13.1. The van der Waals surface area contributed by atoms with Crippen molar-refractivity contribution in [1.82, 2.24) is 4.98 Å². The van der Waals surface area contributed by atoms with Gasteiger partial charge in [-0.15, -0.1) is 0 Å². The Hall–Kier alpha value is -1.58. The molecular formula is C16H22BF3N2O3. The molecule has 0 bridgehead atoms. The van der Waals surface area contributed by atoms with E-state index in [1.807, 2.05) is 27.7 Å². The third-order valence-corrected chi connectivity index (χ3v) is 4.51. The minimum absolute atomic E-state index is 0.0736. The number of aromatic nitrogens is 1. The highest BCUT2D eigenvalue weighted by Crippen LogP contribution is 2.39. The van der Waals surface area contributed by atoms with Gasteiger partial charge in [0.05, 0.1) is 18.3 Å². The Balaban J connectivity index is 2.38. The zero-order valence-electron chi connectivity index (χ0n) is 14.9. The van der Waals surface area contributed by atoms with Gasteiger partial charge in [0.25, 0.3) is 0 Å².